The summed E-state index contributed by atoms with van der Waals surface area (Å²) < 4.78 is 0. The van der Waals surface area contributed by atoms with E-state index in [2.05, 4.69) is 20.3 Å². The van der Waals surface area contributed by atoms with Gasteiger partial charge >= 0.3 is 0 Å². The minimum Gasteiger partial charge on any atom is -0.291 e. The minimum atomic E-state index is -0.386. The third-order valence-electron chi connectivity index (χ3n) is 5.92. The van der Waals surface area contributed by atoms with Crippen LogP contribution in [0.15, 0.2) is 41.8 Å². The van der Waals surface area contributed by atoms with Crippen molar-refractivity contribution in [1.82, 2.24) is 25.1 Å². The summed E-state index contributed by atoms with van der Waals surface area (Å²) in [6, 6.07) is 11.2. The van der Waals surface area contributed by atoms with Crippen LogP contribution in [0.4, 0.5) is 5.69 Å². The number of piperidine rings is 1. The number of aromatic nitrogens is 4. The molecule has 154 valence electrons. The molecule has 0 N–H and O–H groups in total. The number of imide groups is 1. The molecule has 3 aromatic rings. The molecule has 2 amide bonds. The molecular weight excluding hydrogens is 400 g/mol. The highest BCUT2D eigenvalue weighted by Crippen LogP contribution is 2.31. The fourth-order valence-corrected chi connectivity index (χ4v) is 4.93. The predicted molar refractivity (Wildman–Crippen MR) is 113 cm³/mol. The standard InChI is InChI=1S/C21H22N6O2S/c1-14-5-2-3-6-16(14)26-19(28)13-17(21(26)29)25-10-8-15(9-11-25)27-23-20(22-24-27)18-7-4-12-30-18/h2-7,12,15,17H,8-11,13H2,1H3/t17-/m1/s1. The lowest BCUT2D eigenvalue weighted by atomic mass is 10.0. The number of anilines is 1. The van der Waals surface area contributed by atoms with Gasteiger partial charge in [0.25, 0.3) is 5.91 Å². The Morgan fingerprint density at radius 2 is 1.87 bits per heavy atom. The Kier molecular flexibility index (Phi) is 4.92. The SMILES string of the molecule is Cc1ccccc1N1C(=O)C[C@@H](N2CCC(n3nnc(-c4cccs4)n3)CC2)C1=O. The molecule has 30 heavy (non-hydrogen) atoms. The van der Waals surface area contributed by atoms with E-state index in [9.17, 15) is 9.59 Å². The maximum absolute atomic E-state index is 13.1. The topological polar surface area (TPSA) is 84.2 Å². The van der Waals surface area contributed by atoms with Gasteiger partial charge in [0.1, 0.15) is 0 Å². The first-order valence-electron chi connectivity index (χ1n) is 10.1. The van der Waals surface area contributed by atoms with E-state index in [-0.39, 0.29) is 30.3 Å². The normalized spacial score (nSPS) is 21.0. The maximum atomic E-state index is 13.1. The number of thiophene rings is 1. The molecule has 0 aliphatic carbocycles. The fraction of sp³-hybridized carbons (Fsp3) is 0.381. The first-order valence-corrected chi connectivity index (χ1v) is 11.0. The molecule has 1 atom stereocenters. The number of carbonyl (C=O) groups excluding carboxylic acids is 2. The van der Waals surface area contributed by atoms with Gasteiger partial charge in [-0.05, 0) is 48.1 Å². The van der Waals surface area contributed by atoms with Crippen LogP contribution in [-0.4, -0.2) is 56.1 Å². The zero-order chi connectivity index (χ0) is 20.7. The third kappa shape index (κ3) is 3.33. The van der Waals surface area contributed by atoms with E-state index in [4.69, 9.17) is 0 Å². The lowest BCUT2D eigenvalue weighted by Gasteiger charge is -2.34. The van der Waals surface area contributed by atoms with Crippen LogP contribution >= 0.6 is 11.3 Å². The zero-order valence-electron chi connectivity index (χ0n) is 16.6. The summed E-state index contributed by atoms with van der Waals surface area (Å²) in [6.45, 7) is 3.38. The second kappa shape index (κ2) is 7.73. The van der Waals surface area contributed by atoms with Crippen LogP contribution in [0.5, 0.6) is 0 Å². The van der Waals surface area contributed by atoms with Crippen molar-refractivity contribution in [1.29, 1.82) is 0 Å². The number of tetrazole rings is 1. The van der Waals surface area contributed by atoms with Crippen LogP contribution in [0.3, 0.4) is 0 Å². The highest BCUT2D eigenvalue weighted by Gasteiger charge is 2.44. The molecule has 0 spiro atoms. The molecule has 0 bridgehead atoms. The van der Waals surface area contributed by atoms with Gasteiger partial charge in [-0.25, -0.2) is 4.90 Å². The number of para-hydroxylation sites is 1. The Morgan fingerprint density at radius 3 is 2.60 bits per heavy atom. The van der Waals surface area contributed by atoms with E-state index in [0.717, 1.165) is 36.4 Å². The molecule has 5 rings (SSSR count). The van der Waals surface area contributed by atoms with Crippen LogP contribution < -0.4 is 4.90 Å². The zero-order valence-corrected chi connectivity index (χ0v) is 17.5. The van der Waals surface area contributed by atoms with E-state index in [1.54, 1.807) is 16.1 Å². The van der Waals surface area contributed by atoms with E-state index in [1.807, 2.05) is 48.7 Å². The Labute approximate surface area is 178 Å². The largest absolute Gasteiger partial charge is 0.291 e. The first-order chi connectivity index (χ1) is 14.6. The summed E-state index contributed by atoms with van der Waals surface area (Å²) in [4.78, 5) is 31.9. The van der Waals surface area contributed by atoms with E-state index in [1.165, 1.54) is 4.90 Å². The third-order valence-corrected chi connectivity index (χ3v) is 6.78. The maximum Gasteiger partial charge on any atom is 0.251 e. The summed E-state index contributed by atoms with van der Waals surface area (Å²) in [5, 5.41) is 15.0. The Morgan fingerprint density at radius 1 is 1.07 bits per heavy atom. The van der Waals surface area contributed by atoms with Gasteiger partial charge in [0.2, 0.25) is 11.7 Å². The Balaban J connectivity index is 1.25. The monoisotopic (exact) mass is 422 g/mol. The van der Waals surface area contributed by atoms with Gasteiger partial charge < -0.3 is 0 Å². The molecule has 2 aliphatic rings. The molecule has 9 heteroatoms. The van der Waals surface area contributed by atoms with Gasteiger partial charge in [0.15, 0.2) is 0 Å². The van der Waals surface area contributed by atoms with E-state index < -0.39 is 0 Å². The van der Waals surface area contributed by atoms with Gasteiger partial charge in [-0.2, -0.15) is 4.80 Å². The van der Waals surface area contributed by atoms with E-state index >= 15 is 0 Å². The molecule has 0 radical (unpaired) electrons. The molecule has 1 aromatic carbocycles. The molecule has 2 aromatic heterocycles. The summed E-state index contributed by atoms with van der Waals surface area (Å²) in [5.41, 5.74) is 1.62. The van der Waals surface area contributed by atoms with Crippen molar-refractivity contribution in [3.05, 3.63) is 47.3 Å². The highest BCUT2D eigenvalue weighted by molar-refractivity contribution is 7.13. The number of aryl methyl sites for hydroxylation is 1. The number of rotatable bonds is 4. The average molecular weight is 423 g/mol. The van der Waals surface area contributed by atoms with Gasteiger partial charge in [0, 0.05) is 13.1 Å². The van der Waals surface area contributed by atoms with E-state index in [0.29, 0.717) is 11.5 Å². The van der Waals surface area contributed by atoms with Crippen LogP contribution in [0.25, 0.3) is 10.7 Å². The molecule has 2 fully saturated rings. The molecule has 8 nitrogen and oxygen atoms in total. The van der Waals surface area contributed by atoms with Crippen molar-refractivity contribution in [3.63, 3.8) is 0 Å². The van der Waals surface area contributed by atoms with Crippen LogP contribution in [-0.2, 0) is 9.59 Å². The smallest absolute Gasteiger partial charge is 0.251 e. The van der Waals surface area contributed by atoms with Crippen molar-refractivity contribution in [2.24, 2.45) is 0 Å². The van der Waals surface area contributed by atoms with Crippen molar-refractivity contribution in [3.8, 4) is 10.7 Å². The fourth-order valence-electron chi connectivity index (χ4n) is 4.28. The molecule has 0 unspecified atom stereocenters. The number of carbonyl (C=O) groups is 2. The van der Waals surface area contributed by atoms with Gasteiger partial charge in [-0.3, -0.25) is 14.5 Å². The van der Waals surface area contributed by atoms with Crippen LogP contribution in [0.1, 0.15) is 30.9 Å². The molecule has 2 saturated heterocycles. The Bertz CT molecular complexity index is 1070. The van der Waals surface area contributed by atoms with Crippen molar-refractivity contribution in [2.75, 3.05) is 18.0 Å². The summed E-state index contributed by atoms with van der Waals surface area (Å²) >= 11 is 1.59. The number of nitrogens with zero attached hydrogens (tertiary/aromatic N) is 6. The molecule has 2 aliphatic heterocycles. The summed E-state index contributed by atoms with van der Waals surface area (Å²) in [5.74, 6) is 0.407. The van der Waals surface area contributed by atoms with Gasteiger partial charge in [-0.15, -0.1) is 21.5 Å². The summed E-state index contributed by atoms with van der Waals surface area (Å²) in [6.07, 6.45) is 1.88. The second-order valence-electron chi connectivity index (χ2n) is 7.75. The average Bonchev–Trinajstić information content (AvgIpc) is 3.50. The highest BCUT2D eigenvalue weighted by atomic mass is 32.1. The quantitative estimate of drug-likeness (QED) is 0.601. The minimum absolute atomic E-state index is 0.119. The van der Waals surface area contributed by atoms with Crippen LogP contribution in [0.2, 0.25) is 0 Å². The summed E-state index contributed by atoms with van der Waals surface area (Å²) in [7, 11) is 0. The predicted octanol–water partition coefficient (Wildman–Crippen LogP) is 2.68. The molecule has 4 heterocycles. The van der Waals surface area contributed by atoms with Crippen LogP contribution in [0, 0.1) is 6.92 Å². The number of amides is 2. The van der Waals surface area contributed by atoms with Crippen molar-refractivity contribution < 1.29 is 9.59 Å². The Hall–Kier alpha value is -2.91. The number of hydrogen-bond donors (Lipinski definition) is 0. The molecular formula is C21H22N6O2S. The number of benzene rings is 1. The lowest BCUT2D eigenvalue weighted by molar-refractivity contribution is -0.123. The number of likely N-dealkylation sites (tertiary alicyclic amines) is 1. The molecule has 0 saturated carbocycles. The first kappa shape index (κ1) is 19.1. The van der Waals surface area contributed by atoms with Gasteiger partial charge in [0.05, 0.1) is 29.1 Å². The lowest BCUT2D eigenvalue weighted by Crippen LogP contribution is -2.46. The van der Waals surface area contributed by atoms with Crippen molar-refractivity contribution in [2.45, 2.75) is 38.3 Å². The second-order valence-corrected chi connectivity index (χ2v) is 8.70. The van der Waals surface area contributed by atoms with Gasteiger partial charge in [-0.1, -0.05) is 24.3 Å². The van der Waals surface area contributed by atoms with Crippen molar-refractivity contribution >= 4 is 28.8 Å². The number of hydrogen-bond acceptors (Lipinski definition) is 7.